The number of benzene rings is 2. The van der Waals surface area contributed by atoms with Crippen LogP contribution in [0.5, 0.6) is 0 Å². The fraction of sp³-hybridized carbons (Fsp3) is 0.211. The maximum absolute atomic E-state index is 12.4. The standard InChI is InChI=1S/C19H18N4O4S/c24-18(12-23-19(25)17-7-2-1-4-13(17)11-20-23)21-15-5-3-6-16(10-15)28(26,27)22-14-8-9-14/h1-7,10-11,14,22H,8-9,12H2,(H,21,24). The molecule has 1 aromatic heterocycles. The molecule has 0 radical (unpaired) electrons. The Hall–Kier alpha value is -3.04. The molecule has 1 aliphatic rings. The first-order valence-electron chi connectivity index (χ1n) is 8.79. The van der Waals surface area contributed by atoms with Crippen LogP contribution < -0.4 is 15.6 Å². The van der Waals surface area contributed by atoms with E-state index in [9.17, 15) is 18.0 Å². The van der Waals surface area contributed by atoms with Crippen molar-refractivity contribution in [3.8, 4) is 0 Å². The van der Waals surface area contributed by atoms with Crippen LogP contribution in [0.3, 0.4) is 0 Å². The Morgan fingerprint density at radius 3 is 2.71 bits per heavy atom. The molecule has 3 aromatic rings. The smallest absolute Gasteiger partial charge is 0.275 e. The minimum atomic E-state index is -3.61. The fourth-order valence-electron chi connectivity index (χ4n) is 2.81. The van der Waals surface area contributed by atoms with Gasteiger partial charge < -0.3 is 5.32 Å². The Morgan fingerprint density at radius 1 is 1.14 bits per heavy atom. The Morgan fingerprint density at radius 2 is 1.93 bits per heavy atom. The van der Waals surface area contributed by atoms with Gasteiger partial charge in [0.15, 0.2) is 0 Å². The topological polar surface area (TPSA) is 110 Å². The van der Waals surface area contributed by atoms with E-state index in [1.807, 2.05) is 0 Å². The van der Waals surface area contributed by atoms with Crippen LogP contribution in [0, 0.1) is 0 Å². The maximum Gasteiger partial charge on any atom is 0.275 e. The Kier molecular flexibility index (Phi) is 4.70. The summed E-state index contributed by atoms with van der Waals surface area (Å²) in [7, 11) is -3.61. The summed E-state index contributed by atoms with van der Waals surface area (Å²) < 4.78 is 28.3. The van der Waals surface area contributed by atoms with Crippen LogP contribution in [0.15, 0.2) is 64.4 Å². The second-order valence-corrected chi connectivity index (χ2v) is 8.38. The van der Waals surface area contributed by atoms with Crippen molar-refractivity contribution < 1.29 is 13.2 Å². The Bertz CT molecular complexity index is 1220. The first-order chi connectivity index (χ1) is 13.4. The average molecular weight is 398 g/mol. The highest BCUT2D eigenvalue weighted by Gasteiger charge is 2.28. The first kappa shape index (κ1) is 18.3. The summed E-state index contributed by atoms with van der Waals surface area (Å²) in [6, 6.07) is 13.0. The van der Waals surface area contributed by atoms with Crippen molar-refractivity contribution in [2.24, 2.45) is 0 Å². The normalized spacial score (nSPS) is 14.1. The lowest BCUT2D eigenvalue weighted by molar-refractivity contribution is -0.117. The monoisotopic (exact) mass is 398 g/mol. The van der Waals surface area contributed by atoms with E-state index in [4.69, 9.17) is 0 Å². The number of hydrogen-bond acceptors (Lipinski definition) is 5. The third-order valence-electron chi connectivity index (χ3n) is 4.38. The number of carbonyl (C=O) groups excluding carboxylic acids is 1. The molecule has 0 atom stereocenters. The molecule has 1 saturated carbocycles. The average Bonchev–Trinajstić information content (AvgIpc) is 3.48. The van der Waals surface area contributed by atoms with Crippen molar-refractivity contribution in [1.29, 1.82) is 0 Å². The third-order valence-corrected chi connectivity index (χ3v) is 5.90. The van der Waals surface area contributed by atoms with E-state index < -0.39 is 15.9 Å². The number of anilines is 1. The van der Waals surface area contributed by atoms with Crippen molar-refractivity contribution in [2.75, 3.05) is 5.32 Å². The van der Waals surface area contributed by atoms with Crippen LogP contribution in [0.2, 0.25) is 0 Å². The van der Waals surface area contributed by atoms with Crippen molar-refractivity contribution in [1.82, 2.24) is 14.5 Å². The largest absolute Gasteiger partial charge is 0.324 e. The zero-order valence-corrected chi connectivity index (χ0v) is 15.6. The van der Waals surface area contributed by atoms with Crippen molar-refractivity contribution in [2.45, 2.75) is 30.3 Å². The number of amides is 1. The second kappa shape index (κ2) is 7.17. The minimum Gasteiger partial charge on any atom is -0.324 e. The summed E-state index contributed by atoms with van der Waals surface area (Å²) >= 11 is 0. The molecule has 2 N–H and O–H groups in total. The highest BCUT2D eigenvalue weighted by molar-refractivity contribution is 7.89. The summed E-state index contributed by atoms with van der Waals surface area (Å²) in [6.07, 6.45) is 3.20. The van der Waals surface area contributed by atoms with Crippen molar-refractivity contribution in [3.63, 3.8) is 0 Å². The zero-order valence-electron chi connectivity index (χ0n) is 14.8. The third kappa shape index (κ3) is 3.95. The number of aromatic nitrogens is 2. The van der Waals surface area contributed by atoms with E-state index >= 15 is 0 Å². The number of rotatable bonds is 6. The van der Waals surface area contributed by atoms with Gasteiger partial charge in [0.25, 0.3) is 5.56 Å². The number of hydrogen-bond donors (Lipinski definition) is 2. The van der Waals surface area contributed by atoms with E-state index in [1.165, 1.54) is 18.3 Å². The molecular formula is C19H18N4O4S. The molecule has 0 aliphatic heterocycles. The summed E-state index contributed by atoms with van der Waals surface area (Å²) in [5, 5.41) is 7.81. The first-order valence-corrected chi connectivity index (χ1v) is 10.3. The van der Waals surface area contributed by atoms with Crippen LogP contribution in [-0.2, 0) is 21.4 Å². The molecule has 0 saturated heterocycles. The van der Waals surface area contributed by atoms with Gasteiger partial charge in [0.2, 0.25) is 15.9 Å². The van der Waals surface area contributed by atoms with Crippen molar-refractivity contribution in [3.05, 3.63) is 65.1 Å². The Labute approximate surface area is 161 Å². The number of fused-ring (bicyclic) bond motifs is 1. The summed E-state index contributed by atoms with van der Waals surface area (Å²) in [4.78, 5) is 24.9. The molecular weight excluding hydrogens is 380 g/mol. The summed E-state index contributed by atoms with van der Waals surface area (Å²) in [5.74, 6) is -0.477. The molecule has 8 nitrogen and oxygen atoms in total. The molecule has 1 amide bonds. The molecule has 1 fully saturated rings. The van der Waals surface area contributed by atoms with Gasteiger partial charge in [-0.15, -0.1) is 0 Å². The highest BCUT2D eigenvalue weighted by Crippen LogP contribution is 2.23. The van der Waals surface area contributed by atoms with Gasteiger partial charge in [-0.25, -0.2) is 17.8 Å². The van der Waals surface area contributed by atoms with Gasteiger partial charge >= 0.3 is 0 Å². The number of carbonyl (C=O) groups is 1. The number of nitrogens with zero attached hydrogens (tertiary/aromatic N) is 2. The van der Waals surface area contributed by atoms with Crippen LogP contribution >= 0.6 is 0 Å². The van der Waals surface area contributed by atoms with E-state index in [1.54, 1.807) is 36.4 Å². The molecule has 1 aliphatic carbocycles. The molecule has 0 bridgehead atoms. The lowest BCUT2D eigenvalue weighted by atomic mass is 10.2. The van der Waals surface area contributed by atoms with E-state index in [0.717, 1.165) is 17.5 Å². The predicted molar refractivity (Wildman–Crippen MR) is 104 cm³/mol. The lowest BCUT2D eigenvalue weighted by Crippen LogP contribution is -2.29. The van der Waals surface area contributed by atoms with Crippen LogP contribution in [0.1, 0.15) is 12.8 Å². The van der Waals surface area contributed by atoms with Gasteiger partial charge in [-0.2, -0.15) is 5.10 Å². The van der Waals surface area contributed by atoms with Crippen LogP contribution in [0.4, 0.5) is 5.69 Å². The van der Waals surface area contributed by atoms with Gasteiger partial charge in [0.1, 0.15) is 6.54 Å². The Balaban J connectivity index is 1.51. The lowest BCUT2D eigenvalue weighted by Gasteiger charge is -2.10. The van der Waals surface area contributed by atoms with Gasteiger partial charge in [-0.1, -0.05) is 24.3 Å². The molecule has 28 heavy (non-hydrogen) atoms. The molecule has 0 unspecified atom stereocenters. The van der Waals surface area contributed by atoms with Crippen LogP contribution in [0.25, 0.3) is 10.8 Å². The van der Waals surface area contributed by atoms with E-state index in [2.05, 4.69) is 15.1 Å². The minimum absolute atomic E-state index is 0.00546. The summed E-state index contributed by atoms with van der Waals surface area (Å²) in [6.45, 7) is -0.277. The molecule has 144 valence electrons. The fourth-order valence-corrected chi connectivity index (χ4v) is 4.16. The second-order valence-electron chi connectivity index (χ2n) is 6.67. The quantitative estimate of drug-likeness (QED) is 0.653. The SMILES string of the molecule is O=C(Cn1ncc2ccccc2c1=O)Nc1cccc(S(=O)(=O)NC2CC2)c1. The van der Waals surface area contributed by atoms with Gasteiger partial charge in [-0.05, 0) is 37.1 Å². The zero-order chi connectivity index (χ0) is 19.7. The van der Waals surface area contributed by atoms with E-state index in [0.29, 0.717) is 16.5 Å². The van der Waals surface area contributed by atoms with Crippen LogP contribution in [-0.4, -0.2) is 30.1 Å². The molecule has 2 aromatic carbocycles. The molecule has 1 heterocycles. The van der Waals surface area contributed by atoms with Gasteiger partial charge in [0.05, 0.1) is 16.5 Å². The summed E-state index contributed by atoms with van der Waals surface area (Å²) in [5.41, 5.74) is -0.0317. The highest BCUT2D eigenvalue weighted by atomic mass is 32.2. The van der Waals surface area contributed by atoms with E-state index in [-0.39, 0.29) is 23.0 Å². The predicted octanol–water partition coefficient (Wildman–Crippen LogP) is 1.48. The number of nitrogens with one attached hydrogen (secondary N) is 2. The maximum atomic E-state index is 12.4. The van der Waals surface area contributed by atoms with Crippen molar-refractivity contribution >= 4 is 32.4 Å². The molecule has 0 spiro atoms. The number of sulfonamides is 1. The van der Waals surface area contributed by atoms with Gasteiger partial charge in [0, 0.05) is 17.1 Å². The van der Waals surface area contributed by atoms with Gasteiger partial charge in [-0.3, -0.25) is 9.59 Å². The molecule has 9 heteroatoms. The molecule has 4 rings (SSSR count).